The lowest BCUT2D eigenvalue weighted by atomic mass is 10.3. The molecular weight excluding hydrogens is 162 g/mol. The van der Waals surface area contributed by atoms with Crippen molar-refractivity contribution in [3.05, 3.63) is 21.4 Å². The predicted molar refractivity (Wildman–Crippen MR) is 43.0 cm³/mol. The van der Waals surface area contributed by atoms with Crippen molar-refractivity contribution in [1.29, 1.82) is 0 Å². The number of aryl methyl sites for hydroxylation is 2. The lowest BCUT2D eigenvalue weighted by Crippen LogP contribution is -2.16. The van der Waals surface area contributed by atoms with Crippen molar-refractivity contribution in [3.8, 4) is 0 Å². The predicted octanol–water partition coefficient (Wildman–Crippen LogP) is 1.48. The summed E-state index contributed by atoms with van der Waals surface area (Å²) in [7, 11) is 0. The van der Waals surface area contributed by atoms with Crippen molar-refractivity contribution in [2.75, 3.05) is 0 Å². The van der Waals surface area contributed by atoms with E-state index >= 15 is 0 Å². The fourth-order valence-corrected chi connectivity index (χ4v) is 1.66. The van der Waals surface area contributed by atoms with Gasteiger partial charge in [-0.25, -0.2) is 5.48 Å². The zero-order valence-electron chi connectivity index (χ0n) is 6.34. The van der Waals surface area contributed by atoms with Crippen molar-refractivity contribution >= 4 is 17.2 Å². The molecule has 3 nitrogen and oxygen atoms in total. The molecule has 60 valence electrons. The molecule has 1 heterocycles. The third kappa shape index (κ3) is 1.58. The monoisotopic (exact) mass is 171 g/mol. The SMILES string of the molecule is Cc1cc(C(=O)NO)sc1C. The van der Waals surface area contributed by atoms with Crippen LogP contribution in [0.15, 0.2) is 6.07 Å². The Labute approximate surface area is 68.6 Å². The number of carbonyl (C=O) groups is 1. The summed E-state index contributed by atoms with van der Waals surface area (Å²) in [6.45, 7) is 3.87. The first kappa shape index (κ1) is 8.23. The second-order valence-electron chi connectivity index (χ2n) is 2.29. The molecule has 1 rings (SSSR count). The van der Waals surface area contributed by atoms with E-state index in [1.807, 2.05) is 13.8 Å². The van der Waals surface area contributed by atoms with Crippen LogP contribution in [0.25, 0.3) is 0 Å². The quantitative estimate of drug-likeness (QED) is 0.496. The zero-order chi connectivity index (χ0) is 8.43. The van der Waals surface area contributed by atoms with Crippen LogP contribution < -0.4 is 5.48 Å². The van der Waals surface area contributed by atoms with Gasteiger partial charge in [-0.1, -0.05) is 0 Å². The van der Waals surface area contributed by atoms with Crippen LogP contribution in [0.3, 0.4) is 0 Å². The molecule has 0 bridgehead atoms. The average Bonchev–Trinajstić information content (AvgIpc) is 2.31. The summed E-state index contributed by atoms with van der Waals surface area (Å²) in [5, 5.41) is 8.30. The Kier molecular flexibility index (Phi) is 2.26. The Balaban J connectivity index is 2.97. The minimum absolute atomic E-state index is 0.439. The van der Waals surface area contributed by atoms with Crippen LogP contribution in [0.4, 0.5) is 0 Å². The van der Waals surface area contributed by atoms with Gasteiger partial charge in [-0.2, -0.15) is 0 Å². The molecule has 0 aromatic carbocycles. The molecule has 1 amide bonds. The molecule has 0 spiro atoms. The van der Waals surface area contributed by atoms with Crippen molar-refractivity contribution in [2.45, 2.75) is 13.8 Å². The molecule has 0 saturated carbocycles. The fraction of sp³-hybridized carbons (Fsp3) is 0.286. The first-order chi connectivity index (χ1) is 5.15. The summed E-state index contributed by atoms with van der Waals surface area (Å²) < 4.78 is 0. The molecule has 1 aromatic rings. The second-order valence-corrected chi connectivity index (χ2v) is 3.55. The molecule has 1 aromatic heterocycles. The van der Waals surface area contributed by atoms with Gasteiger partial charge < -0.3 is 0 Å². The molecule has 4 heteroatoms. The van der Waals surface area contributed by atoms with Gasteiger partial charge in [0.15, 0.2) is 0 Å². The zero-order valence-corrected chi connectivity index (χ0v) is 7.16. The molecule has 0 saturated heterocycles. The lowest BCUT2D eigenvalue weighted by molar-refractivity contribution is 0.0711. The van der Waals surface area contributed by atoms with Gasteiger partial charge in [-0.15, -0.1) is 11.3 Å². The van der Waals surface area contributed by atoms with Crippen LogP contribution in [0, 0.1) is 13.8 Å². The van der Waals surface area contributed by atoms with Gasteiger partial charge in [0, 0.05) is 4.88 Å². The first-order valence-corrected chi connectivity index (χ1v) is 3.98. The highest BCUT2D eigenvalue weighted by atomic mass is 32.1. The molecule has 0 aliphatic heterocycles. The molecular formula is C7H9NO2S. The van der Waals surface area contributed by atoms with Gasteiger partial charge in [0.25, 0.3) is 5.91 Å². The lowest BCUT2D eigenvalue weighted by Gasteiger charge is -1.89. The standard InChI is InChI=1S/C7H9NO2S/c1-4-3-6(7(9)8-10)11-5(4)2/h3,10H,1-2H3,(H,8,9). The molecule has 0 unspecified atom stereocenters. The van der Waals surface area contributed by atoms with E-state index in [1.165, 1.54) is 11.3 Å². The summed E-state index contributed by atoms with van der Waals surface area (Å²) in [5.41, 5.74) is 2.67. The van der Waals surface area contributed by atoms with Gasteiger partial charge in [-0.3, -0.25) is 10.0 Å². The summed E-state index contributed by atoms with van der Waals surface area (Å²) in [4.78, 5) is 12.5. The highest BCUT2D eigenvalue weighted by molar-refractivity contribution is 7.14. The topological polar surface area (TPSA) is 49.3 Å². The largest absolute Gasteiger partial charge is 0.288 e. The van der Waals surface area contributed by atoms with Crippen molar-refractivity contribution in [3.63, 3.8) is 0 Å². The number of nitrogens with one attached hydrogen (secondary N) is 1. The number of amides is 1. The molecule has 11 heavy (non-hydrogen) atoms. The smallest absolute Gasteiger partial charge is 0.284 e. The molecule has 0 radical (unpaired) electrons. The van der Waals surface area contributed by atoms with E-state index in [-0.39, 0.29) is 0 Å². The Hall–Kier alpha value is -0.870. The van der Waals surface area contributed by atoms with Crippen LogP contribution in [0.1, 0.15) is 20.1 Å². The van der Waals surface area contributed by atoms with E-state index in [4.69, 9.17) is 5.21 Å². The van der Waals surface area contributed by atoms with Gasteiger partial charge in [0.2, 0.25) is 0 Å². The Morgan fingerprint density at radius 1 is 1.64 bits per heavy atom. The van der Waals surface area contributed by atoms with E-state index < -0.39 is 5.91 Å². The first-order valence-electron chi connectivity index (χ1n) is 3.16. The van der Waals surface area contributed by atoms with E-state index in [2.05, 4.69) is 0 Å². The third-order valence-corrected chi connectivity index (χ3v) is 2.64. The number of carbonyl (C=O) groups excluding carboxylic acids is 1. The summed E-state index contributed by atoms with van der Waals surface area (Å²) in [5.74, 6) is -0.439. The van der Waals surface area contributed by atoms with Crippen LogP contribution in [0.2, 0.25) is 0 Å². The number of hydrogen-bond donors (Lipinski definition) is 2. The number of rotatable bonds is 1. The maximum Gasteiger partial charge on any atom is 0.284 e. The normalized spacial score (nSPS) is 9.73. The van der Waals surface area contributed by atoms with Gasteiger partial charge in [0.1, 0.15) is 0 Å². The Bertz CT molecular complexity index is 260. The number of thiophene rings is 1. The van der Waals surface area contributed by atoms with E-state index in [0.29, 0.717) is 4.88 Å². The molecule has 0 atom stereocenters. The van der Waals surface area contributed by atoms with Crippen LogP contribution >= 0.6 is 11.3 Å². The highest BCUT2D eigenvalue weighted by Crippen LogP contribution is 2.19. The van der Waals surface area contributed by atoms with Crippen LogP contribution in [-0.2, 0) is 0 Å². The average molecular weight is 171 g/mol. The van der Waals surface area contributed by atoms with Crippen LogP contribution in [-0.4, -0.2) is 11.1 Å². The minimum Gasteiger partial charge on any atom is -0.288 e. The fourth-order valence-electron chi connectivity index (χ4n) is 0.740. The van der Waals surface area contributed by atoms with Gasteiger partial charge in [-0.05, 0) is 25.5 Å². The third-order valence-electron chi connectivity index (χ3n) is 1.49. The maximum absolute atomic E-state index is 10.8. The van der Waals surface area contributed by atoms with Crippen LogP contribution in [0.5, 0.6) is 0 Å². The molecule has 0 aliphatic carbocycles. The van der Waals surface area contributed by atoms with Crippen molar-refractivity contribution in [2.24, 2.45) is 0 Å². The summed E-state index contributed by atoms with van der Waals surface area (Å²) in [6.07, 6.45) is 0. The Morgan fingerprint density at radius 2 is 2.27 bits per heavy atom. The van der Waals surface area contributed by atoms with Crippen molar-refractivity contribution < 1.29 is 10.0 Å². The Morgan fingerprint density at radius 3 is 2.64 bits per heavy atom. The van der Waals surface area contributed by atoms with Gasteiger partial charge >= 0.3 is 0 Å². The number of hydroxylamine groups is 1. The molecule has 0 aliphatic rings. The molecule has 2 N–H and O–H groups in total. The number of hydrogen-bond acceptors (Lipinski definition) is 3. The minimum atomic E-state index is -0.439. The van der Waals surface area contributed by atoms with E-state index in [9.17, 15) is 4.79 Å². The van der Waals surface area contributed by atoms with E-state index in [0.717, 1.165) is 10.4 Å². The maximum atomic E-state index is 10.8. The second kappa shape index (κ2) is 3.02. The van der Waals surface area contributed by atoms with E-state index in [1.54, 1.807) is 11.5 Å². The highest BCUT2D eigenvalue weighted by Gasteiger charge is 2.08. The summed E-state index contributed by atoms with van der Waals surface area (Å²) >= 11 is 1.37. The summed E-state index contributed by atoms with van der Waals surface area (Å²) in [6, 6.07) is 1.76. The molecule has 0 fully saturated rings. The van der Waals surface area contributed by atoms with Crippen molar-refractivity contribution in [1.82, 2.24) is 5.48 Å². The van der Waals surface area contributed by atoms with Gasteiger partial charge in [0.05, 0.1) is 4.88 Å².